The Hall–Kier alpha value is -3.29. The van der Waals surface area contributed by atoms with E-state index < -0.39 is 59.8 Å². The number of alkyl halides is 1. The number of piperidine rings is 1. The van der Waals surface area contributed by atoms with Crippen molar-refractivity contribution < 1.29 is 38.3 Å². The molecular weight excluding hydrogens is 527 g/mol. The Morgan fingerprint density at radius 1 is 0.925 bits per heavy atom. The quantitative estimate of drug-likeness (QED) is 0.154. The molecule has 6 N–H and O–H groups in total. The van der Waals surface area contributed by atoms with Gasteiger partial charge >= 0.3 is 6.09 Å². The monoisotopic (exact) mass is 570 g/mol. The van der Waals surface area contributed by atoms with Gasteiger partial charge in [0.1, 0.15) is 18.3 Å². The SMILES string of the molecule is CC(C)CC(NC(=O)C(CN1CCC(F)CC1)NC(=O)O)C(=O)NC(C[C@@H]1CCNC1=O)C(=O)C(=O)NC(C)C. The van der Waals surface area contributed by atoms with Gasteiger partial charge in [-0.2, -0.15) is 0 Å². The van der Waals surface area contributed by atoms with E-state index in [4.69, 9.17) is 0 Å². The fourth-order valence-electron chi connectivity index (χ4n) is 4.81. The molecule has 0 aliphatic carbocycles. The molecule has 0 spiro atoms. The van der Waals surface area contributed by atoms with Crippen LogP contribution in [0.3, 0.4) is 0 Å². The molecule has 0 aromatic carbocycles. The molecular formula is C26H43FN6O7. The highest BCUT2D eigenvalue weighted by Crippen LogP contribution is 2.18. The summed E-state index contributed by atoms with van der Waals surface area (Å²) < 4.78 is 13.5. The third-order valence-corrected chi connectivity index (χ3v) is 6.87. The molecule has 2 heterocycles. The fraction of sp³-hybridized carbons (Fsp3) is 0.769. The lowest BCUT2D eigenvalue weighted by molar-refractivity contribution is -0.141. The lowest BCUT2D eigenvalue weighted by atomic mass is 9.94. The molecule has 0 aromatic rings. The standard InChI is InChI=1S/C26H43FN6O7/c1-14(2)11-19(31-24(37)20(32-26(39)40)13-33-9-6-17(27)7-10-33)23(36)30-18(12-16-5-8-28-22(16)35)21(34)25(38)29-15(3)4/h14-20,32H,5-13H2,1-4H3,(H,28,35)(H,29,38)(H,30,36)(H,31,37)(H,39,40)/t16-,18?,19?,20?/m0/s1. The molecule has 2 rings (SSSR count). The van der Waals surface area contributed by atoms with E-state index >= 15 is 0 Å². The van der Waals surface area contributed by atoms with E-state index in [1.807, 2.05) is 13.8 Å². The minimum absolute atomic E-state index is 0.00581. The van der Waals surface area contributed by atoms with Crippen LogP contribution in [0.4, 0.5) is 9.18 Å². The normalized spacial score (nSPS) is 20.4. The van der Waals surface area contributed by atoms with Crippen molar-refractivity contribution in [2.45, 2.75) is 90.1 Å². The number of carbonyl (C=O) groups excluding carboxylic acids is 5. The van der Waals surface area contributed by atoms with Gasteiger partial charge in [-0.1, -0.05) is 13.8 Å². The maximum absolute atomic E-state index is 13.5. The van der Waals surface area contributed by atoms with Gasteiger partial charge in [0.25, 0.3) is 5.91 Å². The molecule has 2 aliphatic heterocycles. The number of Topliss-reactive ketones (excluding diaryl/α,β-unsaturated/α-hetero) is 1. The second kappa shape index (κ2) is 15.5. The minimum atomic E-state index is -1.43. The van der Waals surface area contributed by atoms with Crippen LogP contribution in [0.1, 0.15) is 59.8 Å². The smallest absolute Gasteiger partial charge is 0.405 e. The van der Waals surface area contributed by atoms with Crippen molar-refractivity contribution in [1.82, 2.24) is 31.5 Å². The molecule has 2 saturated heterocycles. The van der Waals surface area contributed by atoms with Gasteiger partial charge in [0.15, 0.2) is 0 Å². The molecule has 0 bridgehead atoms. The molecule has 0 radical (unpaired) electrons. The molecule has 13 nitrogen and oxygen atoms in total. The molecule has 5 amide bonds. The Bertz CT molecular complexity index is 939. The molecule has 4 atom stereocenters. The molecule has 2 aliphatic rings. The van der Waals surface area contributed by atoms with Crippen LogP contribution in [0, 0.1) is 11.8 Å². The number of hydrogen-bond donors (Lipinski definition) is 6. The molecule has 0 saturated carbocycles. The van der Waals surface area contributed by atoms with Crippen LogP contribution in [0.5, 0.6) is 0 Å². The van der Waals surface area contributed by atoms with Crippen LogP contribution in [0.25, 0.3) is 0 Å². The Balaban J connectivity index is 2.19. The summed E-state index contributed by atoms with van der Waals surface area (Å²) >= 11 is 0. The highest BCUT2D eigenvalue weighted by atomic mass is 19.1. The van der Waals surface area contributed by atoms with Crippen molar-refractivity contribution in [3.8, 4) is 0 Å². The zero-order valence-corrected chi connectivity index (χ0v) is 23.6. The molecule has 0 aromatic heterocycles. The maximum atomic E-state index is 13.5. The fourth-order valence-corrected chi connectivity index (χ4v) is 4.81. The number of amides is 5. The number of carbonyl (C=O) groups is 6. The van der Waals surface area contributed by atoms with Crippen LogP contribution in [-0.2, 0) is 24.0 Å². The van der Waals surface area contributed by atoms with Crippen molar-refractivity contribution in [1.29, 1.82) is 0 Å². The zero-order chi connectivity index (χ0) is 30.0. The summed E-state index contributed by atoms with van der Waals surface area (Å²) in [6.07, 6.45) is -1.30. The first kappa shape index (κ1) is 32.9. The Labute approximate surface area is 233 Å². The average Bonchev–Trinajstić information content (AvgIpc) is 3.26. The molecule has 3 unspecified atom stereocenters. The zero-order valence-electron chi connectivity index (χ0n) is 23.6. The van der Waals surface area contributed by atoms with E-state index in [0.717, 1.165) is 0 Å². The summed E-state index contributed by atoms with van der Waals surface area (Å²) in [5, 5.41) is 21.8. The maximum Gasteiger partial charge on any atom is 0.405 e. The number of nitrogens with one attached hydrogen (secondary N) is 5. The first-order valence-corrected chi connectivity index (χ1v) is 13.9. The highest BCUT2D eigenvalue weighted by molar-refractivity contribution is 6.38. The van der Waals surface area contributed by atoms with Gasteiger partial charge in [-0.15, -0.1) is 0 Å². The first-order chi connectivity index (χ1) is 18.8. The van der Waals surface area contributed by atoms with Crippen molar-refractivity contribution in [3.63, 3.8) is 0 Å². The average molecular weight is 571 g/mol. The number of ketones is 1. The van der Waals surface area contributed by atoms with E-state index in [1.165, 1.54) is 0 Å². The van der Waals surface area contributed by atoms with Crippen molar-refractivity contribution >= 4 is 35.5 Å². The summed E-state index contributed by atoms with van der Waals surface area (Å²) in [5.41, 5.74) is 0. The van der Waals surface area contributed by atoms with E-state index in [2.05, 4.69) is 26.6 Å². The van der Waals surface area contributed by atoms with Crippen LogP contribution in [0.2, 0.25) is 0 Å². The summed E-state index contributed by atoms with van der Waals surface area (Å²) in [6, 6.07) is -4.01. The summed E-state index contributed by atoms with van der Waals surface area (Å²) in [6.45, 7) is 8.14. The largest absolute Gasteiger partial charge is 0.465 e. The van der Waals surface area contributed by atoms with Gasteiger partial charge in [-0.3, -0.25) is 24.0 Å². The van der Waals surface area contributed by atoms with Gasteiger partial charge in [0, 0.05) is 38.1 Å². The van der Waals surface area contributed by atoms with Gasteiger partial charge in [-0.05, 0) is 51.9 Å². The van der Waals surface area contributed by atoms with Crippen LogP contribution < -0.4 is 26.6 Å². The van der Waals surface area contributed by atoms with E-state index in [-0.39, 0.29) is 50.1 Å². The number of halogens is 1. The molecule has 14 heteroatoms. The van der Waals surface area contributed by atoms with Gasteiger partial charge in [0.05, 0.1) is 6.04 Å². The number of carboxylic acid groups (broad SMARTS) is 1. The second-order valence-electron chi connectivity index (χ2n) is 11.2. The topological polar surface area (TPSA) is 186 Å². The number of rotatable bonds is 14. The first-order valence-electron chi connectivity index (χ1n) is 13.9. The lowest BCUT2D eigenvalue weighted by Crippen LogP contribution is -2.59. The van der Waals surface area contributed by atoms with Gasteiger partial charge in [0.2, 0.25) is 23.5 Å². The van der Waals surface area contributed by atoms with Gasteiger partial charge in [-0.25, -0.2) is 9.18 Å². The summed E-state index contributed by atoms with van der Waals surface area (Å²) in [4.78, 5) is 77.4. The second-order valence-corrected chi connectivity index (χ2v) is 11.2. The number of nitrogens with zero attached hydrogens (tertiary/aromatic N) is 1. The Morgan fingerprint density at radius 2 is 1.52 bits per heavy atom. The Kier molecular flexibility index (Phi) is 12.7. The van der Waals surface area contributed by atoms with Crippen molar-refractivity contribution in [2.75, 3.05) is 26.2 Å². The van der Waals surface area contributed by atoms with E-state index in [9.17, 15) is 38.3 Å². The van der Waals surface area contributed by atoms with Crippen molar-refractivity contribution in [2.24, 2.45) is 11.8 Å². The number of hydrogen-bond acceptors (Lipinski definition) is 7. The lowest BCUT2D eigenvalue weighted by Gasteiger charge is -2.32. The third kappa shape index (κ3) is 10.7. The van der Waals surface area contributed by atoms with Crippen LogP contribution in [-0.4, -0.2) is 102 Å². The van der Waals surface area contributed by atoms with E-state index in [0.29, 0.717) is 26.1 Å². The predicted octanol–water partition coefficient (Wildman–Crippen LogP) is -0.308. The number of likely N-dealkylation sites (tertiary alicyclic amines) is 1. The van der Waals surface area contributed by atoms with Crippen LogP contribution >= 0.6 is 0 Å². The summed E-state index contributed by atoms with van der Waals surface area (Å²) in [7, 11) is 0. The van der Waals surface area contributed by atoms with Gasteiger partial charge < -0.3 is 36.6 Å². The minimum Gasteiger partial charge on any atom is -0.465 e. The summed E-state index contributed by atoms with van der Waals surface area (Å²) in [5.74, 6) is -4.21. The highest BCUT2D eigenvalue weighted by Gasteiger charge is 2.36. The molecule has 40 heavy (non-hydrogen) atoms. The Morgan fingerprint density at radius 3 is 2.05 bits per heavy atom. The predicted molar refractivity (Wildman–Crippen MR) is 143 cm³/mol. The third-order valence-electron chi connectivity index (χ3n) is 6.87. The van der Waals surface area contributed by atoms with E-state index in [1.54, 1.807) is 18.7 Å². The van der Waals surface area contributed by atoms with Crippen LogP contribution in [0.15, 0.2) is 0 Å². The molecule has 226 valence electrons. The molecule has 2 fully saturated rings. The van der Waals surface area contributed by atoms with Crippen molar-refractivity contribution in [3.05, 3.63) is 0 Å².